The van der Waals surface area contributed by atoms with E-state index < -0.39 is 5.41 Å². The first kappa shape index (κ1) is 14.8. The topological polar surface area (TPSA) is 96.9 Å². The molecule has 20 heavy (non-hydrogen) atoms. The standard InChI is InChI=1S/C13H19N3O3S/c1-9(10-3-2-8-20-10)15-12(17)13(11(14)16-18)4-6-19-7-5-13/h2-3,8-9,18H,4-7H2,1H3,(H2,14,16)(H,15,17). The molecule has 0 aromatic carbocycles. The van der Waals surface area contributed by atoms with Crippen LogP contribution in [0.4, 0.5) is 0 Å². The van der Waals surface area contributed by atoms with E-state index >= 15 is 0 Å². The monoisotopic (exact) mass is 297 g/mol. The average Bonchev–Trinajstić information content (AvgIpc) is 3.01. The summed E-state index contributed by atoms with van der Waals surface area (Å²) in [6, 6.07) is 3.81. The predicted molar refractivity (Wildman–Crippen MR) is 76.8 cm³/mol. The summed E-state index contributed by atoms with van der Waals surface area (Å²) in [6.45, 7) is 2.77. The molecule has 1 fully saturated rings. The first-order chi connectivity index (χ1) is 9.60. The van der Waals surface area contributed by atoms with Gasteiger partial charge in [0, 0.05) is 18.1 Å². The number of thiophene rings is 1. The van der Waals surface area contributed by atoms with Crippen molar-refractivity contribution in [2.24, 2.45) is 16.3 Å². The Morgan fingerprint density at radius 2 is 2.30 bits per heavy atom. The van der Waals surface area contributed by atoms with Gasteiger partial charge in [0.2, 0.25) is 5.91 Å². The summed E-state index contributed by atoms with van der Waals surface area (Å²) in [7, 11) is 0. The lowest BCUT2D eigenvalue weighted by Gasteiger charge is -2.35. The molecule has 2 heterocycles. The summed E-state index contributed by atoms with van der Waals surface area (Å²) in [4.78, 5) is 13.7. The minimum atomic E-state index is -0.974. The fraction of sp³-hybridized carbons (Fsp3) is 0.538. The van der Waals surface area contributed by atoms with E-state index in [0.29, 0.717) is 26.1 Å². The summed E-state index contributed by atoms with van der Waals surface area (Å²) < 4.78 is 5.28. The molecule has 0 bridgehead atoms. The number of amides is 1. The maximum absolute atomic E-state index is 12.6. The van der Waals surface area contributed by atoms with E-state index in [1.165, 1.54) is 0 Å². The Morgan fingerprint density at radius 1 is 1.60 bits per heavy atom. The van der Waals surface area contributed by atoms with Gasteiger partial charge in [-0.3, -0.25) is 4.79 Å². The molecule has 110 valence electrons. The molecule has 1 saturated heterocycles. The molecule has 1 amide bonds. The molecule has 1 aliphatic rings. The highest BCUT2D eigenvalue weighted by Crippen LogP contribution is 2.32. The van der Waals surface area contributed by atoms with E-state index in [1.54, 1.807) is 11.3 Å². The van der Waals surface area contributed by atoms with Crippen molar-refractivity contribution in [1.82, 2.24) is 5.32 Å². The number of carbonyl (C=O) groups excluding carboxylic acids is 1. The number of nitrogens with one attached hydrogen (secondary N) is 1. The van der Waals surface area contributed by atoms with Crippen LogP contribution in [0.1, 0.15) is 30.7 Å². The summed E-state index contributed by atoms with van der Waals surface area (Å²) in [5, 5.41) is 16.9. The molecule has 0 spiro atoms. The number of carbonyl (C=O) groups is 1. The second kappa shape index (κ2) is 6.23. The average molecular weight is 297 g/mol. The van der Waals surface area contributed by atoms with Crippen LogP contribution in [-0.4, -0.2) is 30.2 Å². The largest absolute Gasteiger partial charge is 0.409 e. The number of oxime groups is 1. The third-order valence-corrected chi connectivity index (χ3v) is 4.75. The lowest BCUT2D eigenvalue weighted by Crippen LogP contribution is -2.53. The van der Waals surface area contributed by atoms with Gasteiger partial charge in [0.05, 0.1) is 6.04 Å². The van der Waals surface area contributed by atoms with Crippen LogP contribution in [-0.2, 0) is 9.53 Å². The van der Waals surface area contributed by atoms with Gasteiger partial charge in [0.25, 0.3) is 0 Å². The molecule has 1 aromatic rings. The van der Waals surface area contributed by atoms with Crippen LogP contribution in [0.15, 0.2) is 22.7 Å². The fourth-order valence-electron chi connectivity index (χ4n) is 2.36. The van der Waals surface area contributed by atoms with Crippen LogP contribution >= 0.6 is 11.3 Å². The van der Waals surface area contributed by atoms with Crippen LogP contribution in [0.5, 0.6) is 0 Å². The number of amidine groups is 1. The van der Waals surface area contributed by atoms with Crippen molar-refractivity contribution in [3.8, 4) is 0 Å². The van der Waals surface area contributed by atoms with Gasteiger partial charge in [-0.15, -0.1) is 11.3 Å². The van der Waals surface area contributed by atoms with E-state index in [9.17, 15) is 4.79 Å². The molecule has 1 unspecified atom stereocenters. The molecule has 1 atom stereocenters. The van der Waals surface area contributed by atoms with Crippen molar-refractivity contribution < 1.29 is 14.7 Å². The Balaban J connectivity index is 2.15. The maximum atomic E-state index is 12.6. The Labute approximate surface area is 121 Å². The molecule has 6 nitrogen and oxygen atoms in total. The zero-order chi connectivity index (χ0) is 14.6. The van der Waals surface area contributed by atoms with Gasteiger partial charge in [0.15, 0.2) is 5.84 Å². The number of nitrogens with two attached hydrogens (primary N) is 1. The van der Waals surface area contributed by atoms with Gasteiger partial charge in [-0.1, -0.05) is 11.2 Å². The van der Waals surface area contributed by atoms with Gasteiger partial charge in [-0.2, -0.15) is 0 Å². The van der Waals surface area contributed by atoms with Crippen molar-refractivity contribution in [1.29, 1.82) is 0 Å². The maximum Gasteiger partial charge on any atom is 0.234 e. The molecule has 1 aromatic heterocycles. The van der Waals surface area contributed by atoms with Crippen molar-refractivity contribution in [2.75, 3.05) is 13.2 Å². The highest BCUT2D eigenvalue weighted by atomic mass is 32.1. The van der Waals surface area contributed by atoms with Crippen LogP contribution in [0.2, 0.25) is 0 Å². The van der Waals surface area contributed by atoms with E-state index in [0.717, 1.165) is 4.88 Å². The molecule has 0 aliphatic carbocycles. The Kier molecular flexibility index (Phi) is 4.61. The van der Waals surface area contributed by atoms with Gasteiger partial charge >= 0.3 is 0 Å². The van der Waals surface area contributed by atoms with E-state index in [4.69, 9.17) is 15.7 Å². The quantitative estimate of drug-likeness (QED) is 0.339. The van der Waals surface area contributed by atoms with E-state index in [1.807, 2.05) is 24.4 Å². The number of nitrogens with zero attached hydrogens (tertiary/aromatic N) is 1. The Bertz CT molecular complexity index is 481. The lowest BCUT2D eigenvalue weighted by atomic mass is 9.78. The molecule has 2 rings (SSSR count). The molecular weight excluding hydrogens is 278 g/mol. The molecular formula is C13H19N3O3S. The SMILES string of the molecule is CC(NC(=O)C1(C(N)=NO)CCOCC1)c1cccs1. The molecule has 1 aliphatic heterocycles. The lowest BCUT2D eigenvalue weighted by molar-refractivity contribution is -0.132. The van der Waals surface area contributed by atoms with Crippen LogP contribution in [0.25, 0.3) is 0 Å². The summed E-state index contributed by atoms with van der Waals surface area (Å²) >= 11 is 1.58. The van der Waals surface area contributed by atoms with Crippen LogP contribution < -0.4 is 11.1 Å². The van der Waals surface area contributed by atoms with Crippen molar-refractivity contribution >= 4 is 23.1 Å². The second-order valence-electron chi connectivity index (χ2n) is 4.89. The summed E-state index contributed by atoms with van der Waals surface area (Å²) in [5.74, 6) is -0.256. The normalized spacial score (nSPS) is 20.4. The van der Waals surface area contributed by atoms with E-state index in [-0.39, 0.29) is 17.8 Å². The van der Waals surface area contributed by atoms with Gasteiger partial charge < -0.3 is 21.0 Å². The number of ether oxygens (including phenoxy) is 1. The van der Waals surface area contributed by atoms with Gasteiger partial charge in [-0.25, -0.2) is 0 Å². The van der Waals surface area contributed by atoms with Gasteiger partial charge in [-0.05, 0) is 31.2 Å². The fourth-order valence-corrected chi connectivity index (χ4v) is 3.09. The minimum Gasteiger partial charge on any atom is -0.409 e. The van der Waals surface area contributed by atoms with Crippen LogP contribution in [0, 0.1) is 5.41 Å². The molecule has 0 radical (unpaired) electrons. The van der Waals surface area contributed by atoms with E-state index in [2.05, 4.69) is 10.5 Å². The predicted octanol–water partition coefficient (Wildman–Crippen LogP) is 1.47. The first-order valence-corrected chi connectivity index (χ1v) is 7.38. The molecule has 0 saturated carbocycles. The van der Waals surface area contributed by atoms with Crippen molar-refractivity contribution in [2.45, 2.75) is 25.8 Å². The zero-order valence-corrected chi connectivity index (χ0v) is 12.2. The summed E-state index contributed by atoms with van der Waals surface area (Å²) in [6.07, 6.45) is 0.845. The summed E-state index contributed by atoms with van der Waals surface area (Å²) in [5.41, 5.74) is 4.79. The Hall–Kier alpha value is -1.60. The van der Waals surface area contributed by atoms with Crippen LogP contribution in [0.3, 0.4) is 0 Å². The smallest absolute Gasteiger partial charge is 0.234 e. The number of hydrogen-bond donors (Lipinski definition) is 3. The van der Waals surface area contributed by atoms with Crippen molar-refractivity contribution in [3.63, 3.8) is 0 Å². The minimum absolute atomic E-state index is 0.0447. The highest BCUT2D eigenvalue weighted by Gasteiger charge is 2.44. The second-order valence-corrected chi connectivity index (χ2v) is 5.87. The molecule has 4 N–H and O–H groups in total. The zero-order valence-electron chi connectivity index (χ0n) is 11.3. The third-order valence-electron chi connectivity index (χ3n) is 3.70. The van der Waals surface area contributed by atoms with Crippen molar-refractivity contribution in [3.05, 3.63) is 22.4 Å². The third kappa shape index (κ3) is 2.78. The first-order valence-electron chi connectivity index (χ1n) is 6.50. The number of rotatable bonds is 4. The Morgan fingerprint density at radius 3 is 2.85 bits per heavy atom. The van der Waals surface area contributed by atoms with Gasteiger partial charge in [0.1, 0.15) is 5.41 Å². The molecule has 7 heteroatoms. The number of hydrogen-bond acceptors (Lipinski definition) is 5. The highest BCUT2D eigenvalue weighted by molar-refractivity contribution is 7.10.